The Morgan fingerprint density at radius 1 is 1.21 bits per heavy atom. The Kier molecular flexibility index (Phi) is 5.61. The minimum Gasteiger partial charge on any atom is -0.493 e. The van der Waals surface area contributed by atoms with Gasteiger partial charge < -0.3 is 9.47 Å². The number of ether oxygens (including phenoxy) is 2. The minimum atomic E-state index is 0.0853. The Morgan fingerprint density at radius 3 is 2.79 bits per heavy atom. The maximum atomic E-state index is 12.9. The number of hydrogen-bond donors (Lipinski definition) is 0. The standard InChI is InChI=1S/C22H27N3O3S/c1-14(2)28-18-11-16(5-6-17(18)27-4)12-24-8-7-19-23-20-15(3)13-29-21(20)22(26)25(19)10-9-24/h5-6,11,13-14H,7-10,12H2,1-4H3. The summed E-state index contributed by atoms with van der Waals surface area (Å²) in [6, 6.07) is 6.09. The molecule has 0 atom stereocenters. The Bertz CT molecular complexity index is 1090. The molecule has 0 N–H and O–H groups in total. The van der Waals surface area contributed by atoms with E-state index >= 15 is 0 Å². The van der Waals surface area contributed by atoms with Gasteiger partial charge in [-0.2, -0.15) is 0 Å². The highest BCUT2D eigenvalue weighted by Gasteiger charge is 2.20. The first-order valence-corrected chi connectivity index (χ1v) is 10.9. The van der Waals surface area contributed by atoms with Gasteiger partial charge in [-0.05, 0) is 49.4 Å². The lowest BCUT2D eigenvalue weighted by Gasteiger charge is -2.21. The maximum absolute atomic E-state index is 12.9. The molecular weight excluding hydrogens is 386 g/mol. The first-order valence-electron chi connectivity index (χ1n) is 9.99. The third-order valence-electron chi connectivity index (χ3n) is 5.22. The molecular formula is C22H27N3O3S. The zero-order chi connectivity index (χ0) is 20.5. The second-order valence-corrected chi connectivity index (χ2v) is 8.64. The lowest BCUT2D eigenvalue weighted by atomic mass is 10.1. The van der Waals surface area contributed by atoms with Gasteiger partial charge in [-0.25, -0.2) is 4.98 Å². The van der Waals surface area contributed by atoms with Gasteiger partial charge in [0, 0.05) is 32.6 Å². The van der Waals surface area contributed by atoms with Gasteiger partial charge >= 0.3 is 0 Å². The van der Waals surface area contributed by atoms with E-state index in [1.165, 1.54) is 16.9 Å². The lowest BCUT2D eigenvalue weighted by Crippen LogP contribution is -2.28. The Morgan fingerprint density at radius 2 is 2.03 bits per heavy atom. The topological polar surface area (TPSA) is 56.6 Å². The van der Waals surface area contributed by atoms with Crippen LogP contribution in [-0.2, 0) is 19.5 Å². The lowest BCUT2D eigenvalue weighted by molar-refractivity contribution is 0.228. The molecule has 1 aliphatic rings. The molecule has 0 fully saturated rings. The molecule has 3 aromatic rings. The van der Waals surface area contributed by atoms with Crippen molar-refractivity contribution in [1.82, 2.24) is 14.5 Å². The second-order valence-electron chi connectivity index (χ2n) is 7.76. The van der Waals surface area contributed by atoms with Crippen LogP contribution in [0.4, 0.5) is 0 Å². The van der Waals surface area contributed by atoms with Crippen molar-refractivity contribution in [2.24, 2.45) is 0 Å². The molecule has 0 spiro atoms. The van der Waals surface area contributed by atoms with Crippen LogP contribution in [-0.4, -0.2) is 40.8 Å². The third kappa shape index (κ3) is 4.02. The van der Waals surface area contributed by atoms with Crippen LogP contribution in [0.5, 0.6) is 11.5 Å². The molecule has 6 nitrogen and oxygen atoms in total. The number of hydrogen-bond acceptors (Lipinski definition) is 6. The predicted octanol–water partition coefficient (Wildman–Crippen LogP) is 3.62. The van der Waals surface area contributed by atoms with Gasteiger partial charge in [0.2, 0.25) is 0 Å². The summed E-state index contributed by atoms with van der Waals surface area (Å²) in [4.78, 5) is 20.1. The molecule has 0 radical (unpaired) electrons. The minimum absolute atomic E-state index is 0.0853. The number of nitrogens with zero attached hydrogens (tertiary/aromatic N) is 3. The summed E-state index contributed by atoms with van der Waals surface area (Å²) in [5.74, 6) is 2.41. The normalized spacial score (nSPS) is 14.8. The summed E-state index contributed by atoms with van der Waals surface area (Å²) in [5.41, 5.74) is 3.22. The third-order valence-corrected chi connectivity index (χ3v) is 6.30. The summed E-state index contributed by atoms with van der Waals surface area (Å²) >= 11 is 1.50. The van der Waals surface area contributed by atoms with Gasteiger partial charge in [-0.3, -0.25) is 14.3 Å². The number of aromatic nitrogens is 2. The summed E-state index contributed by atoms with van der Waals surface area (Å²) in [7, 11) is 1.66. The van der Waals surface area contributed by atoms with Gasteiger partial charge in [0.05, 0.1) is 18.7 Å². The second kappa shape index (κ2) is 8.16. The van der Waals surface area contributed by atoms with E-state index in [1.54, 1.807) is 7.11 Å². The molecule has 0 saturated heterocycles. The van der Waals surface area contributed by atoms with E-state index < -0.39 is 0 Å². The van der Waals surface area contributed by atoms with Gasteiger partial charge in [-0.1, -0.05) is 6.07 Å². The highest BCUT2D eigenvalue weighted by molar-refractivity contribution is 7.17. The molecule has 0 saturated carbocycles. The van der Waals surface area contributed by atoms with Crippen LogP contribution in [0, 0.1) is 6.92 Å². The van der Waals surface area contributed by atoms with Crippen molar-refractivity contribution in [2.75, 3.05) is 20.2 Å². The Hall–Kier alpha value is -2.38. The van der Waals surface area contributed by atoms with Crippen molar-refractivity contribution < 1.29 is 9.47 Å². The van der Waals surface area contributed by atoms with E-state index in [4.69, 9.17) is 14.5 Å². The highest BCUT2D eigenvalue weighted by Crippen LogP contribution is 2.29. The summed E-state index contributed by atoms with van der Waals surface area (Å²) in [5, 5.41) is 2.02. The molecule has 1 aliphatic heterocycles. The number of methoxy groups -OCH3 is 1. The number of fused-ring (bicyclic) bond motifs is 2. The fourth-order valence-corrected chi connectivity index (χ4v) is 4.71. The van der Waals surface area contributed by atoms with Crippen LogP contribution < -0.4 is 15.0 Å². The van der Waals surface area contributed by atoms with Gasteiger partial charge in [0.25, 0.3) is 5.56 Å². The SMILES string of the molecule is COc1ccc(CN2CCc3nc4c(C)csc4c(=O)n3CC2)cc1OC(C)C. The molecule has 0 bridgehead atoms. The van der Waals surface area contributed by atoms with E-state index in [-0.39, 0.29) is 11.7 Å². The molecule has 7 heteroatoms. The van der Waals surface area contributed by atoms with Gasteiger partial charge in [-0.15, -0.1) is 11.3 Å². The van der Waals surface area contributed by atoms with E-state index in [0.717, 1.165) is 59.2 Å². The average molecular weight is 414 g/mol. The van der Waals surface area contributed by atoms with Crippen LogP contribution in [0.2, 0.25) is 0 Å². The smallest absolute Gasteiger partial charge is 0.271 e. The predicted molar refractivity (Wildman–Crippen MR) is 116 cm³/mol. The highest BCUT2D eigenvalue weighted by atomic mass is 32.1. The first-order chi connectivity index (χ1) is 14.0. The number of rotatable bonds is 5. The molecule has 1 aromatic carbocycles. The average Bonchev–Trinajstić information content (AvgIpc) is 2.93. The van der Waals surface area contributed by atoms with E-state index in [0.29, 0.717) is 6.54 Å². The number of thiophene rings is 1. The largest absolute Gasteiger partial charge is 0.493 e. The molecule has 2 aromatic heterocycles. The summed E-state index contributed by atoms with van der Waals surface area (Å²) in [6.45, 7) is 9.19. The molecule has 29 heavy (non-hydrogen) atoms. The molecule has 0 unspecified atom stereocenters. The first kappa shape index (κ1) is 19.9. The maximum Gasteiger partial charge on any atom is 0.271 e. The molecule has 154 valence electrons. The Labute approximate surface area is 174 Å². The van der Waals surface area contributed by atoms with Crippen molar-refractivity contribution in [3.63, 3.8) is 0 Å². The molecule has 0 amide bonds. The quantitative estimate of drug-likeness (QED) is 0.639. The number of benzene rings is 1. The van der Waals surface area contributed by atoms with Crippen molar-refractivity contribution in [2.45, 2.75) is 46.4 Å². The van der Waals surface area contributed by atoms with E-state index in [9.17, 15) is 4.79 Å². The van der Waals surface area contributed by atoms with E-state index in [2.05, 4.69) is 17.0 Å². The monoisotopic (exact) mass is 413 g/mol. The fourth-order valence-electron chi connectivity index (χ4n) is 3.77. The summed E-state index contributed by atoms with van der Waals surface area (Å²) in [6.07, 6.45) is 0.855. The van der Waals surface area contributed by atoms with Crippen LogP contribution in [0.3, 0.4) is 0 Å². The van der Waals surface area contributed by atoms with Crippen LogP contribution in [0.25, 0.3) is 10.2 Å². The molecule has 3 heterocycles. The number of aryl methyl sites for hydroxylation is 1. The molecule has 4 rings (SSSR count). The van der Waals surface area contributed by atoms with Crippen LogP contribution in [0.15, 0.2) is 28.4 Å². The summed E-state index contributed by atoms with van der Waals surface area (Å²) < 4.78 is 14.0. The van der Waals surface area contributed by atoms with Gasteiger partial charge in [0.1, 0.15) is 10.5 Å². The van der Waals surface area contributed by atoms with Crippen LogP contribution >= 0.6 is 11.3 Å². The van der Waals surface area contributed by atoms with Crippen molar-refractivity contribution >= 4 is 21.6 Å². The van der Waals surface area contributed by atoms with Crippen LogP contribution in [0.1, 0.15) is 30.8 Å². The zero-order valence-corrected chi connectivity index (χ0v) is 18.2. The van der Waals surface area contributed by atoms with E-state index in [1.807, 2.05) is 36.8 Å². The van der Waals surface area contributed by atoms with Crippen molar-refractivity contribution in [3.05, 3.63) is 50.9 Å². The molecule has 0 aliphatic carbocycles. The van der Waals surface area contributed by atoms with Gasteiger partial charge in [0.15, 0.2) is 11.5 Å². The van der Waals surface area contributed by atoms with Crippen molar-refractivity contribution in [3.8, 4) is 11.5 Å². The fraction of sp³-hybridized carbons (Fsp3) is 0.455. The zero-order valence-electron chi connectivity index (χ0n) is 17.4. The Balaban J connectivity index is 1.54. The van der Waals surface area contributed by atoms with Crippen molar-refractivity contribution in [1.29, 1.82) is 0 Å².